The van der Waals surface area contributed by atoms with E-state index in [9.17, 15) is 0 Å². The van der Waals surface area contributed by atoms with Gasteiger partial charge in [0.25, 0.3) is 0 Å². The summed E-state index contributed by atoms with van der Waals surface area (Å²) in [6, 6.07) is 16.0. The highest BCUT2D eigenvalue weighted by molar-refractivity contribution is 5.65. The average Bonchev–Trinajstić information content (AvgIpc) is 2.58. The smallest absolute Gasteiger partial charge is 0.229 e. The molecule has 0 fully saturated rings. The Morgan fingerprint density at radius 2 is 1.63 bits per heavy atom. The fourth-order valence-electron chi connectivity index (χ4n) is 2.83. The summed E-state index contributed by atoms with van der Waals surface area (Å²) in [7, 11) is 0. The molecular formula is C22H26N4O. The number of benzene rings is 2. The van der Waals surface area contributed by atoms with Crippen molar-refractivity contribution in [2.24, 2.45) is 0 Å². The molecule has 0 aliphatic rings. The van der Waals surface area contributed by atoms with Gasteiger partial charge in [-0.2, -0.15) is 4.98 Å². The molecule has 0 spiro atoms. The third-order valence-corrected chi connectivity index (χ3v) is 4.00. The first-order valence-electron chi connectivity index (χ1n) is 9.13. The number of nitrogens with one attached hydrogen (secondary N) is 2. The highest BCUT2D eigenvalue weighted by Gasteiger charge is 2.09. The first kappa shape index (κ1) is 18.7. The zero-order chi connectivity index (χ0) is 19.4. The lowest BCUT2D eigenvalue weighted by Gasteiger charge is -2.16. The lowest BCUT2D eigenvalue weighted by atomic mass is 10.1. The minimum Gasteiger partial charge on any atom is -0.489 e. The maximum absolute atomic E-state index is 5.87. The van der Waals surface area contributed by atoms with Gasteiger partial charge in [-0.05, 0) is 58.4 Å². The van der Waals surface area contributed by atoms with Gasteiger partial charge in [0.1, 0.15) is 11.6 Å². The molecular weight excluding hydrogens is 336 g/mol. The van der Waals surface area contributed by atoms with Crippen molar-refractivity contribution < 1.29 is 4.74 Å². The van der Waals surface area contributed by atoms with Crippen molar-refractivity contribution in [2.75, 3.05) is 10.6 Å². The Morgan fingerprint density at radius 1 is 0.852 bits per heavy atom. The van der Waals surface area contributed by atoms with Crippen molar-refractivity contribution in [3.63, 3.8) is 0 Å². The van der Waals surface area contributed by atoms with Crippen molar-refractivity contribution in [3.05, 3.63) is 65.4 Å². The zero-order valence-corrected chi connectivity index (χ0v) is 16.5. The summed E-state index contributed by atoms with van der Waals surface area (Å²) in [4.78, 5) is 9.13. The van der Waals surface area contributed by atoms with Crippen LogP contribution in [0, 0.1) is 20.8 Å². The van der Waals surface area contributed by atoms with Gasteiger partial charge < -0.3 is 15.4 Å². The van der Waals surface area contributed by atoms with Gasteiger partial charge in [0.15, 0.2) is 0 Å². The highest BCUT2D eigenvalue weighted by Crippen LogP contribution is 2.28. The van der Waals surface area contributed by atoms with Crippen LogP contribution in [0.2, 0.25) is 0 Å². The number of ether oxygens (including phenoxy) is 1. The Bertz CT molecular complexity index is 937. The van der Waals surface area contributed by atoms with Crippen molar-refractivity contribution in [3.8, 4) is 5.75 Å². The molecule has 5 heteroatoms. The Morgan fingerprint density at radius 3 is 2.37 bits per heavy atom. The molecule has 3 rings (SSSR count). The maximum Gasteiger partial charge on any atom is 0.229 e. The molecule has 1 aromatic heterocycles. The third kappa shape index (κ3) is 4.97. The van der Waals surface area contributed by atoms with Crippen LogP contribution in [-0.4, -0.2) is 16.1 Å². The second kappa shape index (κ2) is 8.08. The fourth-order valence-corrected chi connectivity index (χ4v) is 2.83. The van der Waals surface area contributed by atoms with Crippen LogP contribution in [0.1, 0.15) is 30.7 Å². The first-order valence-corrected chi connectivity index (χ1v) is 9.13. The van der Waals surface area contributed by atoms with Gasteiger partial charge in [0, 0.05) is 17.4 Å². The van der Waals surface area contributed by atoms with E-state index < -0.39 is 0 Å². The van der Waals surface area contributed by atoms with E-state index in [2.05, 4.69) is 52.6 Å². The number of aromatic nitrogens is 2. The van der Waals surface area contributed by atoms with Crippen molar-refractivity contribution in [1.29, 1.82) is 0 Å². The molecule has 27 heavy (non-hydrogen) atoms. The van der Waals surface area contributed by atoms with E-state index in [1.807, 2.05) is 51.1 Å². The summed E-state index contributed by atoms with van der Waals surface area (Å²) in [6.45, 7) is 10.1. The molecule has 2 N–H and O–H groups in total. The number of hydrogen-bond acceptors (Lipinski definition) is 5. The lowest BCUT2D eigenvalue weighted by molar-refractivity contribution is 0.244. The van der Waals surface area contributed by atoms with E-state index >= 15 is 0 Å². The Labute approximate surface area is 160 Å². The molecule has 1 heterocycles. The lowest BCUT2D eigenvalue weighted by Crippen LogP contribution is -2.08. The van der Waals surface area contributed by atoms with E-state index in [1.54, 1.807) is 0 Å². The summed E-state index contributed by atoms with van der Waals surface area (Å²) < 4.78 is 5.87. The fraction of sp³-hybridized carbons (Fsp3) is 0.273. The van der Waals surface area contributed by atoms with Crippen LogP contribution in [-0.2, 0) is 0 Å². The molecule has 0 saturated heterocycles. The van der Waals surface area contributed by atoms with E-state index in [-0.39, 0.29) is 6.10 Å². The first-order chi connectivity index (χ1) is 12.9. The van der Waals surface area contributed by atoms with Gasteiger partial charge in [-0.25, -0.2) is 4.98 Å². The van der Waals surface area contributed by atoms with Crippen LogP contribution >= 0.6 is 0 Å². The largest absolute Gasteiger partial charge is 0.489 e. The normalized spacial score (nSPS) is 10.7. The van der Waals surface area contributed by atoms with Crippen molar-refractivity contribution in [2.45, 2.75) is 40.7 Å². The van der Waals surface area contributed by atoms with Crippen LogP contribution in [0.15, 0.2) is 48.5 Å². The van der Waals surface area contributed by atoms with Crippen LogP contribution < -0.4 is 15.4 Å². The summed E-state index contributed by atoms with van der Waals surface area (Å²) >= 11 is 0. The predicted molar refractivity (Wildman–Crippen MR) is 111 cm³/mol. The highest BCUT2D eigenvalue weighted by atomic mass is 16.5. The third-order valence-electron chi connectivity index (χ3n) is 4.00. The standard InChI is InChI=1S/C22H26N4O/c1-14(2)27-20-9-7-6-8-19(20)25-22-23-17(5)13-21(26-22)24-18-11-10-15(3)12-16(18)4/h6-14H,1-5H3,(H2,23,24,25,26). The Hall–Kier alpha value is -3.08. The minimum atomic E-state index is 0.0909. The quantitative estimate of drug-likeness (QED) is 0.591. The average molecular weight is 362 g/mol. The summed E-state index contributed by atoms with van der Waals surface area (Å²) in [5.74, 6) is 2.06. The summed E-state index contributed by atoms with van der Waals surface area (Å²) in [5.41, 5.74) is 5.17. The van der Waals surface area contributed by atoms with Gasteiger partial charge in [0.2, 0.25) is 5.95 Å². The second-order valence-corrected chi connectivity index (χ2v) is 6.95. The monoisotopic (exact) mass is 362 g/mol. The molecule has 0 radical (unpaired) electrons. The van der Waals surface area contributed by atoms with Gasteiger partial charge in [-0.15, -0.1) is 0 Å². The molecule has 3 aromatic rings. The minimum absolute atomic E-state index is 0.0909. The molecule has 0 aliphatic heterocycles. The van der Waals surface area contributed by atoms with Crippen LogP contribution in [0.5, 0.6) is 5.75 Å². The van der Waals surface area contributed by atoms with Gasteiger partial charge >= 0.3 is 0 Å². The molecule has 0 bridgehead atoms. The maximum atomic E-state index is 5.87. The van der Waals surface area contributed by atoms with E-state index in [0.717, 1.165) is 28.6 Å². The Kier molecular flexibility index (Phi) is 5.60. The molecule has 0 unspecified atom stereocenters. The number of aryl methyl sites for hydroxylation is 3. The van der Waals surface area contributed by atoms with Crippen LogP contribution in [0.3, 0.4) is 0 Å². The van der Waals surface area contributed by atoms with E-state index in [0.29, 0.717) is 5.95 Å². The molecule has 140 valence electrons. The summed E-state index contributed by atoms with van der Waals surface area (Å²) in [5, 5.41) is 6.67. The number of para-hydroxylation sites is 2. The van der Waals surface area contributed by atoms with E-state index in [1.165, 1.54) is 11.1 Å². The Balaban J connectivity index is 1.86. The number of nitrogens with zero attached hydrogens (tertiary/aromatic N) is 2. The SMILES string of the molecule is Cc1ccc(Nc2cc(C)nc(Nc3ccccc3OC(C)C)n2)c(C)c1. The molecule has 5 nitrogen and oxygen atoms in total. The van der Waals surface area contributed by atoms with Crippen LogP contribution in [0.4, 0.5) is 23.1 Å². The van der Waals surface area contributed by atoms with Crippen molar-refractivity contribution >= 4 is 23.1 Å². The molecule has 0 aliphatic carbocycles. The summed E-state index contributed by atoms with van der Waals surface area (Å²) in [6.07, 6.45) is 0.0909. The zero-order valence-electron chi connectivity index (χ0n) is 16.5. The predicted octanol–water partition coefficient (Wildman–Crippen LogP) is 5.68. The second-order valence-electron chi connectivity index (χ2n) is 6.95. The van der Waals surface area contributed by atoms with Crippen LogP contribution in [0.25, 0.3) is 0 Å². The molecule has 0 amide bonds. The number of hydrogen-bond donors (Lipinski definition) is 2. The van der Waals surface area contributed by atoms with Gasteiger partial charge in [0.05, 0.1) is 11.8 Å². The molecule has 2 aromatic carbocycles. The topological polar surface area (TPSA) is 59.1 Å². The van der Waals surface area contributed by atoms with Crippen molar-refractivity contribution in [1.82, 2.24) is 9.97 Å². The van der Waals surface area contributed by atoms with Gasteiger partial charge in [-0.1, -0.05) is 29.8 Å². The van der Waals surface area contributed by atoms with E-state index in [4.69, 9.17) is 4.74 Å². The number of rotatable bonds is 6. The number of anilines is 4. The molecule has 0 saturated carbocycles. The molecule has 0 atom stereocenters. The van der Waals surface area contributed by atoms with Gasteiger partial charge in [-0.3, -0.25) is 0 Å².